The van der Waals surface area contributed by atoms with Crippen molar-refractivity contribution >= 4 is 0 Å². The Morgan fingerprint density at radius 3 is 1.73 bits per heavy atom. The van der Waals surface area contributed by atoms with Crippen LogP contribution in [-0.2, 0) is 21.7 Å². The van der Waals surface area contributed by atoms with Crippen LogP contribution in [0.4, 0.5) is 0 Å². The van der Waals surface area contributed by atoms with Crippen LogP contribution in [0.3, 0.4) is 0 Å². The van der Waals surface area contributed by atoms with Gasteiger partial charge in [-0.2, -0.15) is 0 Å². The van der Waals surface area contributed by atoms with Crippen LogP contribution in [0.5, 0.6) is 0 Å². The summed E-state index contributed by atoms with van der Waals surface area (Å²) in [6, 6.07) is 34.7. The predicted molar refractivity (Wildman–Crippen MR) is 133 cm³/mol. The highest BCUT2D eigenvalue weighted by Gasteiger charge is 2.48. The van der Waals surface area contributed by atoms with Gasteiger partial charge in [-0.25, -0.2) is 0 Å². The zero-order valence-corrected chi connectivity index (χ0v) is 19.0. The highest BCUT2D eigenvalue weighted by molar-refractivity contribution is 5.79. The molecule has 1 saturated heterocycles. The number of aryl methyl sites for hydroxylation is 1. The van der Waals surface area contributed by atoms with Crippen molar-refractivity contribution in [3.63, 3.8) is 0 Å². The largest absolute Gasteiger partial charge is 0.341 e. The van der Waals surface area contributed by atoms with E-state index in [1.54, 1.807) is 0 Å². The minimum atomic E-state index is -0.788. The lowest BCUT2D eigenvalue weighted by Crippen LogP contribution is -2.40. The van der Waals surface area contributed by atoms with Crippen molar-refractivity contribution in [1.29, 1.82) is 0 Å². The van der Waals surface area contributed by atoms with Gasteiger partial charge in [-0.05, 0) is 39.8 Å². The molecule has 0 unspecified atom stereocenters. The van der Waals surface area contributed by atoms with Crippen LogP contribution < -0.4 is 0 Å². The van der Waals surface area contributed by atoms with Crippen LogP contribution in [0.25, 0.3) is 22.3 Å². The fourth-order valence-corrected chi connectivity index (χ4v) is 5.28. The Labute approximate surface area is 195 Å². The van der Waals surface area contributed by atoms with E-state index in [0.29, 0.717) is 13.2 Å². The van der Waals surface area contributed by atoms with Gasteiger partial charge in [0, 0.05) is 17.0 Å². The average Bonchev–Trinajstić information content (AvgIpc) is 3.15. The van der Waals surface area contributed by atoms with Gasteiger partial charge in [0.15, 0.2) is 0 Å². The first-order chi connectivity index (χ1) is 16.3. The Hall–Kier alpha value is -3.20. The Balaban J connectivity index is 1.22. The molecule has 0 radical (unpaired) electrons. The van der Waals surface area contributed by atoms with Crippen LogP contribution >= 0.6 is 0 Å². The summed E-state index contributed by atoms with van der Waals surface area (Å²) in [5.74, 6) is -0.569. The number of ether oxygens (including phenoxy) is 2. The van der Waals surface area contributed by atoms with Crippen molar-refractivity contribution in [3.05, 3.63) is 119 Å². The number of fused-ring (bicyclic) bond motifs is 5. The van der Waals surface area contributed by atoms with Crippen LogP contribution in [0, 0.1) is 0 Å². The third-order valence-electron chi connectivity index (χ3n) is 7.04. The maximum absolute atomic E-state index is 6.58. The van der Waals surface area contributed by atoms with Crippen LogP contribution in [0.15, 0.2) is 97.1 Å². The van der Waals surface area contributed by atoms with Crippen molar-refractivity contribution in [3.8, 4) is 22.3 Å². The van der Waals surface area contributed by atoms with Gasteiger partial charge in [-0.15, -0.1) is 0 Å². The normalized spacial score (nSPS) is 16.5. The second-order valence-electron chi connectivity index (χ2n) is 9.10. The Morgan fingerprint density at radius 2 is 1.18 bits per heavy atom. The topological polar surface area (TPSA) is 18.5 Å². The molecule has 1 aliphatic carbocycles. The van der Waals surface area contributed by atoms with Gasteiger partial charge in [0.1, 0.15) is 0 Å². The average molecular weight is 433 g/mol. The van der Waals surface area contributed by atoms with Crippen molar-refractivity contribution in [2.45, 2.75) is 31.5 Å². The molecule has 0 amide bonds. The summed E-state index contributed by atoms with van der Waals surface area (Å²) in [5, 5.41) is 0. The number of benzene rings is 4. The SMILES string of the molecule is CCCc1ccc(-c2ccc(C3COC4(OC3)c3ccccc3-c3ccccc34)cc2)cc1. The van der Waals surface area contributed by atoms with E-state index in [9.17, 15) is 0 Å². The summed E-state index contributed by atoms with van der Waals surface area (Å²) >= 11 is 0. The summed E-state index contributed by atoms with van der Waals surface area (Å²) in [4.78, 5) is 0. The minimum Gasteiger partial charge on any atom is -0.341 e. The molecular weight excluding hydrogens is 404 g/mol. The summed E-state index contributed by atoms with van der Waals surface area (Å²) in [6.45, 7) is 3.48. The third-order valence-corrected chi connectivity index (χ3v) is 7.04. The molecule has 0 aromatic heterocycles. The summed E-state index contributed by atoms with van der Waals surface area (Å²) in [6.07, 6.45) is 2.31. The van der Waals surface area contributed by atoms with E-state index in [1.807, 2.05) is 0 Å². The highest BCUT2D eigenvalue weighted by atomic mass is 16.7. The second kappa shape index (κ2) is 8.30. The summed E-state index contributed by atoms with van der Waals surface area (Å²) in [5.41, 5.74) is 9.82. The molecule has 33 heavy (non-hydrogen) atoms. The molecule has 0 saturated carbocycles. The molecule has 0 bridgehead atoms. The van der Waals surface area contributed by atoms with Crippen molar-refractivity contribution in [2.24, 2.45) is 0 Å². The fourth-order valence-electron chi connectivity index (χ4n) is 5.28. The smallest absolute Gasteiger partial charge is 0.223 e. The van der Waals surface area contributed by atoms with Crippen LogP contribution in [0.2, 0.25) is 0 Å². The first kappa shape index (κ1) is 20.4. The number of hydrogen-bond donors (Lipinski definition) is 0. The lowest BCUT2D eigenvalue weighted by atomic mass is 9.94. The molecule has 2 aliphatic rings. The zero-order chi connectivity index (χ0) is 22.3. The lowest BCUT2D eigenvalue weighted by Gasteiger charge is -2.39. The van der Waals surface area contributed by atoms with Gasteiger partial charge >= 0.3 is 0 Å². The Bertz CT molecular complexity index is 1220. The molecule has 1 fully saturated rings. The predicted octanol–water partition coefficient (Wildman–Crippen LogP) is 7.32. The van der Waals surface area contributed by atoms with Crippen LogP contribution in [-0.4, -0.2) is 13.2 Å². The molecule has 6 rings (SSSR count). The van der Waals surface area contributed by atoms with Gasteiger partial charge in [0.2, 0.25) is 5.79 Å². The second-order valence-corrected chi connectivity index (χ2v) is 9.10. The molecule has 1 heterocycles. The van der Waals surface area contributed by atoms with E-state index < -0.39 is 5.79 Å². The quantitative estimate of drug-likeness (QED) is 0.336. The van der Waals surface area contributed by atoms with Crippen molar-refractivity contribution < 1.29 is 9.47 Å². The van der Waals surface area contributed by atoms with Gasteiger partial charge < -0.3 is 9.47 Å². The van der Waals surface area contributed by atoms with E-state index in [2.05, 4.69) is 104 Å². The fraction of sp³-hybridized carbons (Fsp3) is 0.226. The van der Waals surface area contributed by atoms with E-state index >= 15 is 0 Å². The lowest BCUT2D eigenvalue weighted by molar-refractivity contribution is -0.254. The minimum absolute atomic E-state index is 0.219. The molecule has 164 valence electrons. The molecule has 0 atom stereocenters. The summed E-state index contributed by atoms with van der Waals surface area (Å²) in [7, 11) is 0. The van der Waals surface area contributed by atoms with Gasteiger partial charge in [-0.3, -0.25) is 0 Å². The molecule has 4 aromatic rings. The number of hydrogen-bond acceptors (Lipinski definition) is 2. The molecule has 1 spiro atoms. The first-order valence-corrected chi connectivity index (χ1v) is 11.9. The van der Waals surface area contributed by atoms with Crippen molar-refractivity contribution in [1.82, 2.24) is 0 Å². The highest BCUT2D eigenvalue weighted by Crippen LogP contribution is 2.52. The van der Waals surface area contributed by atoms with E-state index in [4.69, 9.17) is 9.47 Å². The van der Waals surface area contributed by atoms with Gasteiger partial charge in [0.25, 0.3) is 0 Å². The maximum atomic E-state index is 6.58. The van der Waals surface area contributed by atoms with E-state index in [-0.39, 0.29) is 5.92 Å². The maximum Gasteiger partial charge on any atom is 0.223 e. The number of rotatable bonds is 4. The molecule has 2 heteroatoms. The molecule has 4 aromatic carbocycles. The molecule has 0 N–H and O–H groups in total. The third kappa shape index (κ3) is 3.42. The summed E-state index contributed by atoms with van der Waals surface area (Å²) < 4.78 is 13.2. The van der Waals surface area contributed by atoms with E-state index in [1.165, 1.54) is 39.8 Å². The van der Waals surface area contributed by atoms with Crippen molar-refractivity contribution in [2.75, 3.05) is 13.2 Å². The van der Waals surface area contributed by atoms with Crippen LogP contribution in [0.1, 0.15) is 41.5 Å². The monoisotopic (exact) mass is 432 g/mol. The van der Waals surface area contributed by atoms with E-state index in [0.717, 1.165) is 17.5 Å². The van der Waals surface area contributed by atoms with Gasteiger partial charge in [-0.1, -0.05) is 110 Å². The molecule has 2 nitrogen and oxygen atoms in total. The Morgan fingerprint density at radius 1 is 0.667 bits per heavy atom. The van der Waals surface area contributed by atoms with Gasteiger partial charge in [0.05, 0.1) is 13.2 Å². The molecular formula is C31H28O2. The Kier molecular flexibility index (Phi) is 5.13. The first-order valence-electron chi connectivity index (χ1n) is 11.9. The standard InChI is InChI=1S/C31H28O2/c1-2-7-22-12-14-23(15-13-22)24-16-18-25(19-17-24)26-20-32-31(33-21-26)29-10-5-3-8-27(29)28-9-4-6-11-30(28)31/h3-6,8-19,26H,2,7,20-21H2,1H3. The zero-order valence-electron chi connectivity index (χ0n) is 19.0. The molecule has 1 aliphatic heterocycles.